The van der Waals surface area contributed by atoms with Crippen molar-refractivity contribution < 1.29 is 0 Å². The maximum Gasteiger partial charge on any atom is 0.0715 e. The normalized spacial score (nSPS) is 14.0. The van der Waals surface area contributed by atoms with E-state index in [0.29, 0.717) is 5.92 Å². The highest BCUT2D eigenvalue weighted by molar-refractivity contribution is 5.85. The van der Waals surface area contributed by atoms with E-state index in [0.717, 1.165) is 73.7 Å². The summed E-state index contributed by atoms with van der Waals surface area (Å²) in [5.41, 5.74) is 14.8. The van der Waals surface area contributed by atoms with Crippen LogP contribution in [0, 0.1) is 5.92 Å². The molecule has 0 radical (unpaired) electrons. The number of benzene rings is 4. The molecule has 1 unspecified atom stereocenters. The first kappa shape index (κ1) is 30.2. The van der Waals surface area contributed by atoms with Gasteiger partial charge in [0, 0.05) is 34.6 Å². The van der Waals surface area contributed by atoms with Crippen LogP contribution < -0.4 is 0 Å². The van der Waals surface area contributed by atoms with Crippen LogP contribution >= 0.6 is 0 Å². The summed E-state index contributed by atoms with van der Waals surface area (Å²) < 4.78 is 0. The lowest BCUT2D eigenvalue weighted by Gasteiger charge is -2.15. The fraction of sp³-hybridized carbons (Fsp3) is 0.0652. The van der Waals surface area contributed by atoms with Crippen LogP contribution in [0.5, 0.6) is 0 Å². The van der Waals surface area contributed by atoms with E-state index in [-0.39, 0.29) is 0 Å². The molecule has 0 spiro atoms. The Morgan fingerprint density at radius 1 is 0.429 bits per heavy atom. The van der Waals surface area contributed by atoms with Crippen LogP contribution in [-0.4, -0.2) is 15.0 Å². The van der Waals surface area contributed by atoms with Crippen molar-refractivity contribution in [2.75, 3.05) is 0 Å². The third-order valence-corrected chi connectivity index (χ3v) is 9.10. The second-order valence-corrected chi connectivity index (χ2v) is 12.6. The predicted molar refractivity (Wildman–Crippen MR) is 203 cm³/mol. The average Bonchev–Trinajstić information content (AvgIpc) is 3.19. The smallest absolute Gasteiger partial charge is 0.0715 e. The molecule has 3 aromatic heterocycles. The molecule has 0 fully saturated rings. The summed E-state index contributed by atoms with van der Waals surface area (Å²) in [7, 11) is 0. The third-order valence-electron chi connectivity index (χ3n) is 9.10. The third kappa shape index (κ3) is 6.65. The topological polar surface area (TPSA) is 38.7 Å². The quantitative estimate of drug-likeness (QED) is 0.176. The molecule has 8 rings (SSSR count). The molecule has 1 aliphatic rings. The highest BCUT2D eigenvalue weighted by atomic mass is 14.7. The highest BCUT2D eigenvalue weighted by Gasteiger charge is 2.15. The van der Waals surface area contributed by atoms with Crippen molar-refractivity contribution in [1.82, 2.24) is 15.0 Å². The number of hydrogen-bond donors (Lipinski definition) is 0. The lowest BCUT2D eigenvalue weighted by molar-refractivity contribution is 0.739. The van der Waals surface area contributed by atoms with Crippen LogP contribution in [0.2, 0.25) is 0 Å². The molecular formula is C46H35N3. The van der Waals surface area contributed by atoms with E-state index in [4.69, 9.17) is 15.0 Å². The zero-order valence-electron chi connectivity index (χ0n) is 27.4. The Morgan fingerprint density at radius 3 is 1.45 bits per heavy atom. The molecule has 49 heavy (non-hydrogen) atoms. The minimum absolute atomic E-state index is 0.561. The number of pyridine rings is 3. The Morgan fingerprint density at radius 2 is 0.898 bits per heavy atom. The van der Waals surface area contributed by atoms with Gasteiger partial charge in [0.25, 0.3) is 0 Å². The van der Waals surface area contributed by atoms with Gasteiger partial charge < -0.3 is 0 Å². The van der Waals surface area contributed by atoms with Gasteiger partial charge in [-0.05, 0) is 100 Å². The summed E-state index contributed by atoms with van der Waals surface area (Å²) in [6, 6.07) is 50.9. The summed E-state index contributed by atoms with van der Waals surface area (Å²) in [5, 5.41) is 0. The Kier molecular flexibility index (Phi) is 8.31. The van der Waals surface area contributed by atoms with Crippen molar-refractivity contribution in [3.8, 4) is 67.3 Å². The van der Waals surface area contributed by atoms with Gasteiger partial charge in [-0.25, -0.2) is 4.98 Å². The predicted octanol–water partition coefficient (Wildman–Crippen LogP) is 11.9. The highest BCUT2D eigenvalue weighted by Crippen LogP contribution is 2.37. The molecule has 3 heteroatoms. The van der Waals surface area contributed by atoms with Gasteiger partial charge in [0.2, 0.25) is 0 Å². The van der Waals surface area contributed by atoms with Crippen molar-refractivity contribution in [3.05, 3.63) is 182 Å². The Hall–Kier alpha value is -6.19. The molecular weight excluding hydrogens is 595 g/mol. The maximum atomic E-state index is 5.14. The van der Waals surface area contributed by atoms with Crippen molar-refractivity contribution in [2.45, 2.75) is 13.3 Å². The van der Waals surface area contributed by atoms with E-state index < -0.39 is 0 Å². The zero-order chi connectivity index (χ0) is 33.0. The molecule has 4 aromatic carbocycles. The van der Waals surface area contributed by atoms with Gasteiger partial charge in [-0.1, -0.05) is 116 Å². The number of nitrogens with zero attached hydrogens (tertiary/aromatic N) is 3. The van der Waals surface area contributed by atoms with E-state index in [2.05, 4.69) is 153 Å². The minimum Gasteiger partial charge on any atom is -0.256 e. The monoisotopic (exact) mass is 629 g/mol. The lowest BCUT2D eigenvalue weighted by Crippen LogP contribution is -1.96. The lowest BCUT2D eigenvalue weighted by atomic mass is 9.92. The largest absolute Gasteiger partial charge is 0.256 e. The summed E-state index contributed by atoms with van der Waals surface area (Å²) in [5.74, 6) is 0.561. The molecule has 0 N–H and O–H groups in total. The second kappa shape index (κ2) is 13.5. The van der Waals surface area contributed by atoms with E-state index in [9.17, 15) is 0 Å². The van der Waals surface area contributed by atoms with Crippen LogP contribution in [-0.2, 0) is 0 Å². The fourth-order valence-corrected chi connectivity index (χ4v) is 6.41. The van der Waals surface area contributed by atoms with Gasteiger partial charge in [-0.2, -0.15) is 0 Å². The first-order valence-electron chi connectivity index (χ1n) is 16.8. The van der Waals surface area contributed by atoms with Gasteiger partial charge in [-0.15, -0.1) is 0 Å². The summed E-state index contributed by atoms with van der Waals surface area (Å²) in [4.78, 5) is 14.9. The van der Waals surface area contributed by atoms with Crippen LogP contribution in [0.25, 0.3) is 72.9 Å². The van der Waals surface area contributed by atoms with Crippen molar-refractivity contribution >= 4 is 5.57 Å². The van der Waals surface area contributed by atoms with Crippen molar-refractivity contribution in [1.29, 1.82) is 0 Å². The fourth-order valence-electron chi connectivity index (χ4n) is 6.41. The van der Waals surface area contributed by atoms with E-state index in [1.54, 1.807) is 0 Å². The standard InChI is InChI=1S/C46H35N3/c1-32-17-19-34(20-18-32)38-22-24-48-44(29-38)42-26-39(25-41(27-42)43-28-37(21-23-47-43)33-11-5-2-6-12-33)40-30-45(35-13-7-3-8-14-35)49-46(31-40)36-15-9-4-10-16-36/h2-17,19-32H,18H2,1H3. The average molecular weight is 630 g/mol. The SMILES string of the molecule is CC1C=CC(c2ccnc(-c3cc(-c4cc(-c5ccccc5)nc(-c5ccccc5)c4)cc(-c4cc(-c5ccccc5)ccn4)c3)c2)=CC1. The maximum absolute atomic E-state index is 5.14. The number of aromatic nitrogens is 3. The molecule has 0 aliphatic heterocycles. The molecule has 0 saturated heterocycles. The van der Waals surface area contributed by atoms with Crippen LogP contribution in [0.1, 0.15) is 18.9 Å². The van der Waals surface area contributed by atoms with Gasteiger partial charge in [0.15, 0.2) is 0 Å². The van der Waals surface area contributed by atoms with E-state index in [1.807, 2.05) is 30.6 Å². The zero-order valence-corrected chi connectivity index (χ0v) is 27.4. The van der Waals surface area contributed by atoms with Crippen LogP contribution in [0.4, 0.5) is 0 Å². The Balaban J connectivity index is 1.32. The summed E-state index contributed by atoms with van der Waals surface area (Å²) >= 11 is 0. The summed E-state index contributed by atoms with van der Waals surface area (Å²) in [6.07, 6.45) is 11.7. The number of hydrogen-bond acceptors (Lipinski definition) is 3. The molecule has 3 nitrogen and oxygen atoms in total. The molecule has 1 aliphatic carbocycles. The van der Waals surface area contributed by atoms with E-state index >= 15 is 0 Å². The van der Waals surface area contributed by atoms with Crippen molar-refractivity contribution in [3.63, 3.8) is 0 Å². The Labute approximate surface area is 288 Å². The van der Waals surface area contributed by atoms with E-state index in [1.165, 1.54) is 11.1 Å². The number of allylic oxidation sites excluding steroid dienone is 4. The van der Waals surface area contributed by atoms with Gasteiger partial charge >= 0.3 is 0 Å². The van der Waals surface area contributed by atoms with Crippen LogP contribution in [0.15, 0.2) is 176 Å². The molecule has 3 heterocycles. The van der Waals surface area contributed by atoms with Crippen molar-refractivity contribution in [2.24, 2.45) is 5.92 Å². The molecule has 0 amide bonds. The minimum atomic E-state index is 0.561. The van der Waals surface area contributed by atoms with Crippen LogP contribution in [0.3, 0.4) is 0 Å². The first-order valence-corrected chi connectivity index (χ1v) is 16.8. The first-order chi connectivity index (χ1) is 24.2. The van der Waals surface area contributed by atoms with Gasteiger partial charge in [0.1, 0.15) is 0 Å². The second-order valence-electron chi connectivity index (χ2n) is 12.6. The molecule has 7 aromatic rings. The van der Waals surface area contributed by atoms with Gasteiger partial charge in [0.05, 0.1) is 22.8 Å². The molecule has 0 bridgehead atoms. The molecule has 1 atom stereocenters. The molecule has 0 saturated carbocycles. The summed E-state index contributed by atoms with van der Waals surface area (Å²) in [6.45, 7) is 2.25. The molecule has 234 valence electrons. The van der Waals surface area contributed by atoms with Gasteiger partial charge in [-0.3, -0.25) is 9.97 Å². The Bertz CT molecular complexity index is 2250. The number of rotatable bonds is 7.